The third-order valence-corrected chi connectivity index (χ3v) is 4.13. The number of rotatable bonds is 5. The molecule has 1 N–H and O–H groups in total. The van der Waals surface area contributed by atoms with Crippen LogP contribution in [0.1, 0.15) is 30.7 Å². The standard InChI is InChI=1S/C17H26N2O3/c1-21-12-10-18-17(20)19-11-4-3-5-15(13-19)14-6-8-16(22-2)9-7-14/h6-9,15H,3-5,10-13H2,1-2H3,(H,18,20). The van der Waals surface area contributed by atoms with Gasteiger partial charge in [0, 0.05) is 32.7 Å². The van der Waals surface area contributed by atoms with Crippen LogP contribution in [0.3, 0.4) is 0 Å². The van der Waals surface area contributed by atoms with Gasteiger partial charge in [0.05, 0.1) is 13.7 Å². The Morgan fingerprint density at radius 2 is 2.05 bits per heavy atom. The summed E-state index contributed by atoms with van der Waals surface area (Å²) in [6.45, 7) is 2.69. The van der Waals surface area contributed by atoms with Gasteiger partial charge in [-0.25, -0.2) is 4.79 Å². The monoisotopic (exact) mass is 306 g/mol. The van der Waals surface area contributed by atoms with Gasteiger partial charge in [0.15, 0.2) is 0 Å². The van der Waals surface area contributed by atoms with Gasteiger partial charge in [-0.3, -0.25) is 0 Å². The lowest BCUT2D eigenvalue weighted by Gasteiger charge is -2.25. The number of nitrogens with zero attached hydrogens (tertiary/aromatic N) is 1. The Morgan fingerprint density at radius 1 is 1.27 bits per heavy atom. The predicted molar refractivity (Wildman–Crippen MR) is 86.4 cm³/mol. The number of hydrogen-bond acceptors (Lipinski definition) is 3. The molecule has 0 spiro atoms. The normalized spacial score (nSPS) is 18.6. The van der Waals surface area contributed by atoms with E-state index >= 15 is 0 Å². The lowest BCUT2D eigenvalue weighted by Crippen LogP contribution is -2.42. The molecule has 1 atom stereocenters. The van der Waals surface area contributed by atoms with E-state index in [1.165, 1.54) is 5.56 Å². The van der Waals surface area contributed by atoms with Gasteiger partial charge in [-0.05, 0) is 30.5 Å². The summed E-state index contributed by atoms with van der Waals surface area (Å²) in [5, 5.41) is 2.91. The molecule has 22 heavy (non-hydrogen) atoms. The van der Waals surface area contributed by atoms with Crippen LogP contribution < -0.4 is 10.1 Å². The molecule has 1 heterocycles. The summed E-state index contributed by atoms with van der Waals surface area (Å²) in [5.74, 6) is 1.26. The van der Waals surface area contributed by atoms with Crippen molar-refractivity contribution >= 4 is 6.03 Å². The Labute approximate surface area is 132 Å². The SMILES string of the molecule is COCCNC(=O)N1CCCCC(c2ccc(OC)cc2)C1. The first-order valence-corrected chi connectivity index (χ1v) is 7.90. The fourth-order valence-electron chi connectivity index (χ4n) is 2.85. The van der Waals surface area contributed by atoms with Crippen molar-refractivity contribution in [2.45, 2.75) is 25.2 Å². The maximum Gasteiger partial charge on any atom is 0.317 e. The third-order valence-electron chi connectivity index (χ3n) is 4.13. The fraction of sp³-hybridized carbons (Fsp3) is 0.588. The van der Waals surface area contributed by atoms with Crippen molar-refractivity contribution in [1.82, 2.24) is 10.2 Å². The van der Waals surface area contributed by atoms with Crippen molar-refractivity contribution < 1.29 is 14.3 Å². The number of ether oxygens (including phenoxy) is 2. The Balaban J connectivity index is 1.97. The van der Waals surface area contributed by atoms with E-state index in [0.29, 0.717) is 19.1 Å². The lowest BCUT2D eigenvalue weighted by molar-refractivity contribution is 0.179. The third kappa shape index (κ3) is 4.63. The molecule has 5 nitrogen and oxygen atoms in total. The van der Waals surface area contributed by atoms with E-state index in [0.717, 1.165) is 38.1 Å². The molecule has 0 aromatic heterocycles. The number of carbonyl (C=O) groups excluding carboxylic acids is 1. The van der Waals surface area contributed by atoms with Crippen LogP contribution in [0.4, 0.5) is 4.79 Å². The second kappa shape index (κ2) is 8.63. The van der Waals surface area contributed by atoms with Gasteiger partial charge in [-0.2, -0.15) is 0 Å². The van der Waals surface area contributed by atoms with Gasteiger partial charge in [0.1, 0.15) is 5.75 Å². The molecule has 1 aliphatic heterocycles. The van der Waals surface area contributed by atoms with Crippen LogP contribution in [0.25, 0.3) is 0 Å². The number of hydrogen-bond donors (Lipinski definition) is 1. The van der Waals surface area contributed by atoms with Crippen LogP contribution in [-0.4, -0.2) is 51.4 Å². The van der Waals surface area contributed by atoms with Gasteiger partial charge in [0.2, 0.25) is 0 Å². The summed E-state index contributed by atoms with van der Waals surface area (Å²) >= 11 is 0. The quantitative estimate of drug-likeness (QED) is 0.851. The first-order valence-electron chi connectivity index (χ1n) is 7.90. The van der Waals surface area contributed by atoms with E-state index in [1.54, 1.807) is 14.2 Å². The molecule has 1 saturated heterocycles. The van der Waals surface area contributed by atoms with Crippen molar-refractivity contribution in [3.05, 3.63) is 29.8 Å². The fourth-order valence-corrected chi connectivity index (χ4v) is 2.85. The van der Waals surface area contributed by atoms with E-state index in [-0.39, 0.29) is 6.03 Å². The molecular weight excluding hydrogens is 280 g/mol. The zero-order valence-corrected chi connectivity index (χ0v) is 13.5. The topological polar surface area (TPSA) is 50.8 Å². The maximum absolute atomic E-state index is 12.2. The summed E-state index contributed by atoms with van der Waals surface area (Å²) in [7, 11) is 3.31. The Kier molecular flexibility index (Phi) is 6.52. The molecule has 1 fully saturated rings. The number of amides is 2. The molecule has 5 heteroatoms. The molecule has 0 bridgehead atoms. The zero-order chi connectivity index (χ0) is 15.8. The van der Waals surface area contributed by atoms with Crippen molar-refractivity contribution in [3.8, 4) is 5.75 Å². The second-order valence-electron chi connectivity index (χ2n) is 5.64. The minimum absolute atomic E-state index is 0.0115. The van der Waals surface area contributed by atoms with E-state index in [1.807, 2.05) is 17.0 Å². The van der Waals surface area contributed by atoms with Crippen LogP contribution in [0, 0.1) is 0 Å². The predicted octanol–water partition coefficient (Wildman–Crippen LogP) is 2.62. The lowest BCUT2D eigenvalue weighted by atomic mass is 9.94. The largest absolute Gasteiger partial charge is 0.497 e. The van der Waals surface area contributed by atoms with Crippen molar-refractivity contribution in [2.24, 2.45) is 0 Å². The summed E-state index contributed by atoms with van der Waals surface area (Å²) in [5.41, 5.74) is 1.28. The summed E-state index contributed by atoms with van der Waals surface area (Å²) in [4.78, 5) is 14.2. The highest BCUT2D eigenvalue weighted by Gasteiger charge is 2.22. The molecule has 1 unspecified atom stereocenters. The van der Waals surface area contributed by atoms with Gasteiger partial charge in [-0.15, -0.1) is 0 Å². The first-order chi connectivity index (χ1) is 10.7. The van der Waals surface area contributed by atoms with E-state index in [9.17, 15) is 4.79 Å². The smallest absolute Gasteiger partial charge is 0.317 e. The minimum atomic E-state index is 0.0115. The van der Waals surface area contributed by atoms with Crippen LogP contribution >= 0.6 is 0 Å². The van der Waals surface area contributed by atoms with Crippen LogP contribution in [-0.2, 0) is 4.74 Å². The highest BCUT2D eigenvalue weighted by atomic mass is 16.5. The zero-order valence-electron chi connectivity index (χ0n) is 13.5. The van der Waals surface area contributed by atoms with Crippen LogP contribution in [0.2, 0.25) is 0 Å². The number of benzene rings is 1. The molecule has 0 radical (unpaired) electrons. The Bertz CT molecular complexity index is 461. The number of likely N-dealkylation sites (tertiary alicyclic amines) is 1. The molecule has 1 aromatic rings. The summed E-state index contributed by atoms with van der Waals surface area (Å²) in [6.07, 6.45) is 3.33. The van der Waals surface area contributed by atoms with E-state index in [2.05, 4.69) is 17.4 Å². The van der Waals surface area contributed by atoms with E-state index < -0.39 is 0 Å². The molecule has 1 aliphatic rings. The first kappa shape index (κ1) is 16.6. The summed E-state index contributed by atoms with van der Waals surface area (Å²) in [6, 6.07) is 8.20. The highest BCUT2D eigenvalue weighted by Crippen LogP contribution is 2.27. The number of urea groups is 1. The average Bonchev–Trinajstić information content (AvgIpc) is 2.81. The van der Waals surface area contributed by atoms with Crippen molar-refractivity contribution in [1.29, 1.82) is 0 Å². The molecule has 0 saturated carbocycles. The minimum Gasteiger partial charge on any atom is -0.497 e. The Hall–Kier alpha value is -1.75. The molecule has 2 amide bonds. The summed E-state index contributed by atoms with van der Waals surface area (Å²) < 4.78 is 10.2. The van der Waals surface area contributed by atoms with E-state index in [4.69, 9.17) is 9.47 Å². The van der Waals surface area contributed by atoms with Crippen molar-refractivity contribution in [3.63, 3.8) is 0 Å². The van der Waals surface area contributed by atoms with Gasteiger partial charge in [0.25, 0.3) is 0 Å². The number of methoxy groups -OCH3 is 2. The van der Waals surface area contributed by atoms with Gasteiger partial charge in [-0.1, -0.05) is 18.6 Å². The molecule has 2 rings (SSSR count). The Morgan fingerprint density at radius 3 is 2.73 bits per heavy atom. The van der Waals surface area contributed by atoms with Gasteiger partial charge >= 0.3 is 6.03 Å². The molecule has 1 aromatic carbocycles. The number of nitrogens with one attached hydrogen (secondary N) is 1. The molecule has 122 valence electrons. The highest BCUT2D eigenvalue weighted by molar-refractivity contribution is 5.74. The molecule has 0 aliphatic carbocycles. The van der Waals surface area contributed by atoms with Crippen molar-refractivity contribution in [2.75, 3.05) is 40.5 Å². The van der Waals surface area contributed by atoms with Crippen LogP contribution in [0.5, 0.6) is 5.75 Å². The second-order valence-corrected chi connectivity index (χ2v) is 5.64. The average molecular weight is 306 g/mol. The van der Waals surface area contributed by atoms with Crippen LogP contribution in [0.15, 0.2) is 24.3 Å². The number of carbonyl (C=O) groups is 1. The molecular formula is C17H26N2O3. The van der Waals surface area contributed by atoms with Gasteiger partial charge < -0.3 is 19.7 Å². The maximum atomic E-state index is 12.2.